The van der Waals surface area contributed by atoms with Crippen molar-refractivity contribution in [3.05, 3.63) is 198 Å². The standard InChI is InChI=1S/C45H30F2N2/c46-45(47)40-14-8-7-13-38(40)39-24-23-35(27-41(39)45)34-21-17-31-18-22-36(26-37(31)25-34)44-48-42(32-11-5-2-6-12-32)28-43(49-44)33-19-15-30(16-20-33)29-9-3-1-4-10-29/h1-28,43H,(H,48,49). The lowest BCUT2D eigenvalue weighted by atomic mass is 9.95. The fourth-order valence-electron chi connectivity index (χ4n) is 7.07. The summed E-state index contributed by atoms with van der Waals surface area (Å²) < 4.78 is 31.0. The van der Waals surface area contributed by atoms with Crippen LogP contribution in [0.2, 0.25) is 0 Å². The molecular formula is C45H30F2N2. The quantitative estimate of drug-likeness (QED) is 0.200. The van der Waals surface area contributed by atoms with Gasteiger partial charge >= 0.3 is 0 Å². The van der Waals surface area contributed by atoms with Gasteiger partial charge in [0.05, 0.1) is 6.04 Å². The second kappa shape index (κ2) is 11.5. The second-order valence-corrected chi connectivity index (χ2v) is 12.6. The van der Waals surface area contributed by atoms with Crippen molar-refractivity contribution in [2.24, 2.45) is 4.99 Å². The van der Waals surface area contributed by atoms with Crippen molar-refractivity contribution < 1.29 is 8.78 Å². The van der Waals surface area contributed by atoms with Crippen LogP contribution >= 0.6 is 0 Å². The van der Waals surface area contributed by atoms with E-state index in [4.69, 9.17) is 4.99 Å². The van der Waals surface area contributed by atoms with E-state index in [9.17, 15) is 0 Å². The topological polar surface area (TPSA) is 24.4 Å². The van der Waals surface area contributed by atoms with E-state index >= 15 is 8.78 Å². The largest absolute Gasteiger partial charge is 0.340 e. The first-order chi connectivity index (χ1) is 24.0. The van der Waals surface area contributed by atoms with Crippen LogP contribution in [-0.4, -0.2) is 5.84 Å². The second-order valence-electron chi connectivity index (χ2n) is 12.6. The average molecular weight is 637 g/mol. The third-order valence-electron chi connectivity index (χ3n) is 9.65. The van der Waals surface area contributed by atoms with E-state index in [2.05, 4.69) is 102 Å². The van der Waals surface area contributed by atoms with E-state index in [1.807, 2.05) is 48.5 Å². The van der Waals surface area contributed by atoms with Crippen LogP contribution in [0.25, 0.3) is 49.9 Å². The molecule has 1 unspecified atom stereocenters. The average Bonchev–Trinajstić information content (AvgIpc) is 3.40. The SMILES string of the molecule is FC1(F)c2ccccc2-c2ccc(-c3ccc4ccc(C5=NC(c6ccc(-c7ccccc7)cc6)C=C(c6ccccc6)N5)cc4c3)cc21. The number of nitrogens with zero attached hydrogens (tertiary/aromatic N) is 1. The summed E-state index contributed by atoms with van der Waals surface area (Å²) in [5.74, 6) is -2.25. The summed E-state index contributed by atoms with van der Waals surface area (Å²) in [4.78, 5) is 5.21. The van der Waals surface area contributed by atoms with Gasteiger partial charge in [0.1, 0.15) is 5.84 Å². The summed E-state index contributed by atoms with van der Waals surface area (Å²) in [6.45, 7) is 0. The van der Waals surface area contributed by atoms with Crippen LogP contribution in [0.15, 0.2) is 175 Å². The fourth-order valence-corrected chi connectivity index (χ4v) is 7.07. The summed E-state index contributed by atoms with van der Waals surface area (Å²) in [6.07, 6.45) is 2.18. The van der Waals surface area contributed by atoms with Crippen LogP contribution in [0.4, 0.5) is 8.78 Å². The molecule has 1 N–H and O–H groups in total. The molecule has 0 saturated heterocycles. The molecule has 0 spiro atoms. The number of benzene rings is 7. The molecule has 49 heavy (non-hydrogen) atoms. The van der Waals surface area contributed by atoms with Gasteiger partial charge in [-0.3, -0.25) is 4.99 Å². The summed E-state index contributed by atoms with van der Waals surface area (Å²) in [6, 6.07) is 53.8. The summed E-state index contributed by atoms with van der Waals surface area (Å²) in [5, 5.41) is 5.68. The molecule has 0 aromatic heterocycles. The molecule has 234 valence electrons. The summed E-state index contributed by atoms with van der Waals surface area (Å²) >= 11 is 0. The summed E-state index contributed by atoms with van der Waals surface area (Å²) in [5.41, 5.74) is 9.46. The molecular weight excluding hydrogens is 607 g/mol. The van der Waals surface area contributed by atoms with Crippen LogP contribution in [0.1, 0.15) is 33.9 Å². The molecule has 1 aliphatic carbocycles. The maximum atomic E-state index is 15.5. The first kappa shape index (κ1) is 29.0. The molecule has 7 aromatic rings. The smallest absolute Gasteiger partial charge is 0.299 e. The number of hydrogen-bond acceptors (Lipinski definition) is 2. The zero-order chi connectivity index (χ0) is 33.0. The lowest BCUT2D eigenvalue weighted by molar-refractivity contribution is 0.0480. The van der Waals surface area contributed by atoms with E-state index in [0.717, 1.165) is 55.7 Å². The Kier molecular flexibility index (Phi) is 6.84. The Morgan fingerprint density at radius 3 is 1.82 bits per heavy atom. The van der Waals surface area contributed by atoms with E-state index in [0.29, 0.717) is 11.1 Å². The number of aliphatic imine (C=N–C) groups is 1. The van der Waals surface area contributed by atoms with Crippen LogP contribution in [-0.2, 0) is 5.92 Å². The van der Waals surface area contributed by atoms with Gasteiger partial charge in [-0.2, -0.15) is 8.78 Å². The van der Waals surface area contributed by atoms with Gasteiger partial charge in [-0.05, 0) is 79.6 Å². The van der Waals surface area contributed by atoms with Crippen molar-refractivity contribution in [1.29, 1.82) is 0 Å². The van der Waals surface area contributed by atoms with Crippen molar-refractivity contribution in [2.75, 3.05) is 0 Å². The molecule has 0 radical (unpaired) electrons. The van der Waals surface area contributed by atoms with Gasteiger partial charge < -0.3 is 5.32 Å². The van der Waals surface area contributed by atoms with E-state index in [-0.39, 0.29) is 17.2 Å². The first-order valence-electron chi connectivity index (χ1n) is 16.5. The van der Waals surface area contributed by atoms with Crippen molar-refractivity contribution in [3.8, 4) is 33.4 Å². The molecule has 2 aliphatic rings. The lowest BCUT2D eigenvalue weighted by Crippen LogP contribution is -2.27. The highest BCUT2D eigenvalue weighted by molar-refractivity contribution is 6.07. The van der Waals surface area contributed by atoms with Crippen molar-refractivity contribution in [2.45, 2.75) is 12.0 Å². The Hall–Kier alpha value is -6.13. The minimum atomic E-state index is -3.03. The van der Waals surface area contributed by atoms with Crippen molar-refractivity contribution in [1.82, 2.24) is 5.32 Å². The molecule has 2 nitrogen and oxygen atoms in total. The Morgan fingerprint density at radius 1 is 0.469 bits per heavy atom. The van der Waals surface area contributed by atoms with Gasteiger partial charge in [0.25, 0.3) is 5.92 Å². The zero-order valence-corrected chi connectivity index (χ0v) is 26.4. The molecule has 0 fully saturated rings. The molecule has 1 atom stereocenters. The normalized spacial score (nSPS) is 15.9. The Labute approximate surface area is 283 Å². The molecule has 0 saturated carbocycles. The Balaban J connectivity index is 1.08. The Morgan fingerprint density at radius 2 is 1.04 bits per heavy atom. The predicted octanol–water partition coefficient (Wildman–Crippen LogP) is 11.4. The van der Waals surface area contributed by atoms with E-state index < -0.39 is 5.92 Å². The highest BCUT2D eigenvalue weighted by atomic mass is 19.3. The monoisotopic (exact) mass is 636 g/mol. The maximum Gasteiger partial charge on any atom is 0.299 e. The molecule has 7 aromatic carbocycles. The lowest BCUT2D eigenvalue weighted by Gasteiger charge is -2.23. The van der Waals surface area contributed by atoms with Crippen LogP contribution < -0.4 is 5.32 Å². The molecule has 1 aliphatic heterocycles. The first-order valence-corrected chi connectivity index (χ1v) is 16.5. The van der Waals surface area contributed by atoms with Crippen LogP contribution in [0.3, 0.4) is 0 Å². The number of nitrogens with one attached hydrogen (secondary N) is 1. The van der Waals surface area contributed by atoms with Gasteiger partial charge in [-0.15, -0.1) is 0 Å². The third kappa shape index (κ3) is 5.13. The minimum absolute atomic E-state index is 0.0591. The third-order valence-corrected chi connectivity index (χ3v) is 9.65. The number of alkyl halides is 2. The molecule has 4 heteroatoms. The Bertz CT molecular complexity index is 2430. The van der Waals surface area contributed by atoms with Gasteiger partial charge in [0.15, 0.2) is 0 Å². The van der Waals surface area contributed by atoms with Crippen LogP contribution in [0, 0.1) is 0 Å². The molecule has 9 rings (SSSR count). The highest BCUT2D eigenvalue weighted by Gasteiger charge is 2.44. The zero-order valence-electron chi connectivity index (χ0n) is 26.4. The van der Waals surface area contributed by atoms with E-state index in [1.54, 1.807) is 18.2 Å². The van der Waals surface area contributed by atoms with Crippen molar-refractivity contribution >= 4 is 22.3 Å². The maximum absolute atomic E-state index is 15.5. The van der Waals surface area contributed by atoms with Gasteiger partial charge in [0.2, 0.25) is 0 Å². The number of amidine groups is 1. The molecule has 0 bridgehead atoms. The predicted molar refractivity (Wildman–Crippen MR) is 197 cm³/mol. The van der Waals surface area contributed by atoms with Gasteiger partial charge in [0, 0.05) is 22.4 Å². The number of fused-ring (bicyclic) bond motifs is 4. The van der Waals surface area contributed by atoms with Gasteiger partial charge in [-0.1, -0.05) is 146 Å². The van der Waals surface area contributed by atoms with Crippen molar-refractivity contribution in [3.63, 3.8) is 0 Å². The number of halogens is 2. The van der Waals surface area contributed by atoms with Crippen LogP contribution in [0.5, 0.6) is 0 Å². The van der Waals surface area contributed by atoms with E-state index in [1.165, 1.54) is 11.6 Å². The molecule has 1 heterocycles. The van der Waals surface area contributed by atoms with Gasteiger partial charge in [-0.25, -0.2) is 0 Å². The number of rotatable bonds is 5. The molecule has 0 amide bonds. The fraction of sp³-hybridized carbons (Fsp3) is 0.0444. The minimum Gasteiger partial charge on any atom is -0.340 e. The number of hydrogen-bond donors (Lipinski definition) is 1. The summed E-state index contributed by atoms with van der Waals surface area (Å²) in [7, 11) is 0. The highest BCUT2D eigenvalue weighted by Crippen LogP contribution is 2.51.